The van der Waals surface area contributed by atoms with Crippen molar-refractivity contribution in [2.75, 3.05) is 73.6 Å². The van der Waals surface area contributed by atoms with Crippen molar-refractivity contribution in [3.05, 3.63) is 343 Å². The van der Waals surface area contributed by atoms with Gasteiger partial charge in [0.25, 0.3) is 11.1 Å². The molecule has 30 nitrogen and oxygen atoms in total. The first-order chi connectivity index (χ1) is 63.3. The van der Waals surface area contributed by atoms with Gasteiger partial charge in [-0.1, -0.05) is 97.1 Å². The Balaban J connectivity index is 0.000000194. The molecule has 0 spiro atoms. The first kappa shape index (κ1) is 103. The third-order valence-corrected chi connectivity index (χ3v) is 20.9. The van der Waals surface area contributed by atoms with Crippen LogP contribution in [0.5, 0.6) is 0 Å². The molecule has 2 aliphatic carbocycles. The van der Waals surface area contributed by atoms with Gasteiger partial charge in [0.05, 0.1) is 84.7 Å². The van der Waals surface area contributed by atoms with Crippen molar-refractivity contribution in [3.63, 3.8) is 0 Å². The molecule has 1 amide bonds. The quantitative estimate of drug-likeness (QED) is 0.00934. The summed E-state index contributed by atoms with van der Waals surface area (Å²) in [5.74, 6) is -3.87. The second-order valence-corrected chi connectivity index (χ2v) is 30.5. The summed E-state index contributed by atoms with van der Waals surface area (Å²) in [4.78, 5) is 126. The van der Waals surface area contributed by atoms with Crippen LogP contribution in [0.15, 0.2) is 293 Å². The molecule has 3 fully saturated rings. The number of nitrogens with two attached hydrogens (primary N) is 1. The van der Waals surface area contributed by atoms with Crippen LogP contribution in [0, 0.1) is 11.6 Å². The number of nitrogens with zero attached hydrogens (tertiary/aromatic N) is 13. The summed E-state index contributed by atoms with van der Waals surface area (Å²) in [5, 5.41) is 50.2. The molecule has 680 valence electrons. The van der Waals surface area contributed by atoms with Crippen molar-refractivity contribution < 1.29 is 77.2 Å². The lowest BCUT2D eigenvalue weighted by atomic mass is 9.80. The predicted octanol–water partition coefficient (Wildman–Crippen LogP) is 12.9. The zero-order chi connectivity index (χ0) is 94.4. The third-order valence-electron chi connectivity index (χ3n) is 20.2. The van der Waals surface area contributed by atoms with Crippen LogP contribution < -0.4 is 21.8 Å². The van der Waals surface area contributed by atoms with E-state index < -0.39 is 54.2 Å². The smallest absolute Gasteiger partial charge is 0.480 e. The van der Waals surface area contributed by atoms with E-state index >= 15 is 0 Å². The Kier molecular flexibility index (Phi) is 43.3. The summed E-state index contributed by atoms with van der Waals surface area (Å²) in [6, 6.07) is 45.4. The fourth-order valence-corrected chi connectivity index (χ4v) is 13.4. The molecular formula is C96H101BBrClF2N16O14. The van der Waals surface area contributed by atoms with Crippen LogP contribution in [-0.2, 0) is 19.1 Å². The number of carboxylic acids is 3. The Morgan fingerprint density at radius 3 is 1.18 bits per heavy atom. The molecule has 0 radical (unpaired) electrons. The molecule has 3 aliphatic rings. The van der Waals surface area contributed by atoms with Crippen molar-refractivity contribution in [3.8, 4) is 45.0 Å². The number of hydrogen-bond donors (Lipinski definition) is 8. The van der Waals surface area contributed by atoms with Gasteiger partial charge in [-0.2, -0.15) is 0 Å². The number of aliphatic carboxylic acids is 2. The summed E-state index contributed by atoms with van der Waals surface area (Å²) >= 11 is 8.47. The first-order valence-corrected chi connectivity index (χ1v) is 42.5. The number of carbonyl (C=O) groups is 7. The van der Waals surface area contributed by atoms with E-state index in [9.17, 15) is 47.4 Å². The van der Waals surface area contributed by atoms with Gasteiger partial charge >= 0.3 is 37.0 Å². The molecule has 1 saturated heterocycles. The highest BCUT2D eigenvalue weighted by molar-refractivity contribution is 9.10. The maximum absolute atomic E-state index is 13.2. The molecule has 1 aliphatic heterocycles. The van der Waals surface area contributed by atoms with Gasteiger partial charge in [0.2, 0.25) is 0 Å². The predicted molar refractivity (Wildman–Crippen MR) is 498 cm³/mol. The number of halogens is 4. The second kappa shape index (κ2) is 55.3. The first-order valence-electron chi connectivity index (χ1n) is 41.3. The summed E-state index contributed by atoms with van der Waals surface area (Å²) in [6.45, 7) is 15.3. The Bertz CT molecular complexity index is 5420. The molecule has 9 N–H and O–H groups in total. The molecular weight excluding hydrogens is 1770 g/mol. The minimum absolute atomic E-state index is 0.216. The average Bonchev–Trinajstić information content (AvgIpc) is 1.64. The van der Waals surface area contributed by atoms with E-state index in [0.717, 1.165) is 101 Å². The number of aromatic carboxylic acids is 1. The highest BCUT2D eigenvalue weighted by atomic mass is 79.9. The molecule has 5 aromatic heterocycles. The van der Waals surface area contributed by atoms with E-state index in [1.54, 1.807) is 178 Å². The van der Waals surface area contributed by atoms with Gasteiger partial charge < -0.3 is 56.1 Å². The summed E-state index contributed by atoms with van der Waals surface area (Å²) in [6.07, 6.45) is 32.2. The normalized spacial score (nSPS) is 14.6. The Morgan fingerprint density at radius 2 is 0.878 bits per heavy atom. The monoisotopic (exact) mass is 1860 g/mol. The molecule has 6 heterocycles. The maximum atomic E-state index is 13.2. The lowest BCUT2D eigenvalue weighted by Gasteiger charge is -2.22. The van der Waals surface area contributed by atoms with Crippen molar-refractivity contribution in [2.45, 2.75) is 74.5 Å². The molecule has 6 atom stereocenters. The lowest BCUT2D eigenvalue weighted by Crippen LogP contribution is -2.41. The van der Waals surface area contributed by atoms with E-state index in [0.29, 0.717) is 89.7 Å². The maximum Gasteiger partial charge on any atom is 0.488 e. The third kappa shape index (κ3) is 35.7. The Hall–Kier alpha value is -13.7. The second-order valence-electron chi connectivity index (χ2n) is 29.4. The lowest BCUT2D eigenvalue weighted by molar-refractivity contribution is -0.140. The number of nitrogens with one attached hydrogen (secondary N) is 2. The number of likely N-dealkylation sites (N-methyl/N-ethyl adjacent to an activating group) is 1. The van der Waals surface area contributed by atoms with Crippen LogP contribution in [-0.4, -0.2) is 236 Å². The van der Waals surface area contributed by atoms with Crippen molar-refractivity contribution >= 4 is 81.1 Å². The number of amides is 1. The fourth-order valence-electron chi connectivity index (χ4n) is 13.1. The number of ether oxygens (including phenoxy) is 2. The van der Waals surface area contributed by atoms with Crippen LogP contribution >= 0.6 is 27.5 Å². The molecule has 0 bridgehead atoms. The van der Waals surface area contributed by atoms with Gasteiger partial charge in [0.1, 0.15) is 28.3 Å². The highest BCUT2D eigenvalue weighted by Gasteiger charge is 2.43. The number of esters is 2. The van der Waals surface area contributed by atoms with Crippen LogP contribution in [0.4, 0.5) is 8.78 Å². The molecule has 7 aromatic carbocycles. The number of benzene rings is 7. The van der Waals surface area contributed by atoms with Gasteiger partial charge in [0, 0.05) is 159 Å². The van der Waals surface area contributed by atoms with Gasteiger partial charge in [-0.25, -0.2) is 32.9 Å². The number of hydrogen-bond acceptors (Lipinski definition) is 26. The number of piperazine rings is 1. The highest BCUT2D eigenvalue weighted by Crippen LogP contribution is 2.46. The summed E-state index contributed by atoms with van der Waals surface area (Å²) in [5.41, 5.74) is 16.6. The zero-order valence-corrected chi connectivity index (χ0v) is 74.5. The van der Waals surface area contributed by atoms with Gasteiger partial charge in [-0.15, -0.1) is 13.2 Å². The number of carboxylic acid groups (broad SMARTS) is 3. The van der Waals surface area contributed by atoms with Crippen LogP contribution in [0.1, 0.15) is 113 Å². The van der Waals surface area contributed by atoms with Crippen LogP contribution in [0.2, 0.25) is 0 Å². The minimum Gasteiger partial charge on any atom is -0.480 e. The molecule has 12 aromatic rings. The topological polar surface area (TPSA) is 428 Å². The van der Waals surface area contributed by atoms with E-state index in [-0.39, 0.29) is 23.2 Å². The molecule has 15 rings (SSSR count). The van der Waals surface area contributed by atoms with Crippen molar-refractivity contribution in [1.82, 2.24) is 75.2 Å². The Labute approximate surface area is 771 Å². The summed E-state index contributed by atoms with van der Waals surface area (Å²) < 4.78 is 36.1. The number of rotatable bonds is 29. The average molecular weight is 1870 g/mol. The van der Waals surface area contributed by atoms with Gasteiger partial charge in [0.15, 0.2) is 0 Å². The number of aromatic nitrogens is 10. The SMILES string of the molecule is Brc1cnccn1.C=CCN(CCC[C@H](N)C(=O)O)[C@@H]1C[C@H]1c1ccc(F)cc1.C=CCN(CCC[C@H](NC(=O)c1ccc(-c2cnccn2)cc1)C(=O)O)[C@@H]1C[C@H]1c1ccc(F)cc1.CN1CCNCC1.COC(=O)c1ccc(-c2cnccn2)cc1.COC(=O)c1ccc(B(O)O)cc1.O=C(Cl)c1ccc(-c2cnccn2)cc1.O=C(O)c1ccc(-c2cnccn2)cc1. The number of methoxy groups -OCH3 is 2. The van der Waals surface area contributed by atoms with E-state index in [1.165, 1.54) is 75.8 Å². The van der Waals surface area contributed by atoms with Gasteiger partial charge in [-0.05, 0) is 188 Å². The van der Waals surface area contributed by atoms with Crippen molar-refractivity contribution in [2.24, 2.45) is 5.73 Å². The minimum atomic E-state index is -1.51. The van der Waals surface area contributed by atoms with Crippen LogP contribution in [0.25, 0.3) is 45.0 Å². The van der Waals surface area contributed by atoms with E-state index in [4.69, 9.17) is 37.6 Å². The fraction of sp³-hybridized carbons (Fsp3) is 0.240. The Morgan fingerprint density at radius 1 is 0.519 bits per heavy atom. The number of carbonyl (C=O) groups excluding carboxylic acids is 4. The van der Waals surface area contributed by atoms with Crippen molar-refractivity contribution in [1.29, 1.82) is 0 Å². The largest absolute Gasteiger partial charge is 0.488 e. The van der Waals surface area contributed by atoms with E-state index in [2.05, 4.69) is 121 Å². The van der Waals surface area contributed by atoms with Crippen LogP contribution in [0.3, 0.4) is 0 Å². The molecule has 2 saturated carbocycles. The van der Waals surface area contributed by atoms with Gasteiger partial charge in [-0.3, -0.25) is 69.0 Å². The molecule has 0 unspecified atom stereocenters. The standard InChI is InChI=1S/C28H29FN4O3.C17H23FN2O2.C12H10N2O2.C11H7ClN2O.C11H8N2O2.C8H9BO4.C5H12N2.C4H3BrN2/c1-2-15-33(26-17-23(26)19-9-11-22(29)12-10-19)16-3-4-24(28(35)36)32-27(34)21-7-5-20(6-8-21)25-18-30-13-14-31-25;1-2-9-20(10-3-4-15(19)17(21)22)16-11-14(16)12-5-7-13(18)8-6-12;1-16-12(15)10-4-2-9(3-5-10)11-8-13-6-7-14-11;12-11(15)9-3-1-8(2-4-9)10-7-13-5-6-14-10;14-11(15)9-3-1-8(2-4-9)10-7-12-5-6-13-10;1-13-8(10)6-2-4-7(5-3-6)9(11)12;1-7-4-2-6-3-5-7;5-4-3-6-1-2-7-4/h2,5-14,18,23-24,26H,1,3-4,15-17H2,(H,32,34)(H,35,36);2,5-8,14-16H,1,3-4,9-11,19H2,(H,21,22);2-8H,1H3;1-7H;1-7H,(H,14,15);2-5,11-12H,1H3;6H,2-5H2,1H3;1-3H/t23-,24-,26+;14-,15-,16+;;;;;;/m00....../s1. The molecule has 35 heteroatoms. The zero-order valence-electron chi connectivity index (χ0n) is 72.1. The van der Waals surface area contributed by atoms with E-state index in [1.807, 2.05) is 48.6 Å². The summed E-state index contributed by atoms with van der Waals surface area (Å²) in [7, 11) is 3.29. The molecule has 131 heavy (non-hydrogen) atoms.